The quantitative estimate of drug-likeness (QED) is 0.464. The molecule has 0 spiro atoms. The van der Waals surface area contributed by atoms with E-state index in [2.05, 4.69) is 33.3 Å². The van der Waals surface area contributed by atoms with Gasteiger partial charge in [0, 0.05) is 6.54 Å². The first-order chi connectivity index (χ1) is 5.77. The Balaban J connectivity index is 2.82. The molecule has 0 rings (SSSR count). The summed E-state index contributed by atoms with van der Waals surface area (Å²) in [6.07, 6.45) is 5.22. The summed E-state index contributed by atoms with van der Waals surface area (Å²) in [7, 11) is 4.79. The van der Waals surface area contributed by atoms with Crippen LogP contribution in [0.15, 0.2) is 0 Å². The van der Waals surface area contributed by atoms with Crippen molar-refractivity contribution in [3.63, 3.8) is 0 Å². The van der Waals surface area contributed by atoms with Gasteiger partial charge in [0.2, 0.25) is 0 Å². The predicted molar refractivity (Wildman–Crippen MR) is 59.4 cm³/mol. The highest BCUT2D eigenvalue weighted by atomic mass is 31.0. The topological polar surface area (TPSA) is 15.3 Å². The van der Waals surface area contributed by atoms with Crippen LogP contribution in [0.1, 0.15) is 32.6 Å². The third kappa shape index (κ3) is 10.3. The van der Waals surface area contributed by atoms with E-state index < -0.39 is 0 Å². The largest absolute Gasteiger partial charge is 0.317 e. The van der Waals surface area contributed by atoms with Gasteiger partial charge in [-0.2, -0.15) is 0 Å². The van der Waals surface area contributed by atoms with Crippen LogP contribution in [0, 0.1) is 0 Å². The molecule has 0 amide bonds. The second kappa shape index (κ2) is 9.44. The van der Waals surface area contributed by atoms with Gasteiger partial charge in [-0.1, -0.05) is 22.7 Å². The molecule has 0 aliphatic rings. The molecule has 0 saturated heterocycles. The monoisotopic (exact) mass is 190 g/mol. The van der Waals surface area contributed by atoms with E-state index in [0.717, 1.165) is 0 Å². The van der Waals surface area contributed by atoms with E-state index in [0.29, 0.717) is 0 Å². The summed E-state index contributed by atoms with van der Waals surface area (Å²) in [5, 5.41) is 3.40. The summed E-state index contributed by atoms with van der Waals surface area (Å²) < 4.78 is 2.17. The average molecular weight is 190 g/mol. The van der Waals surface area contributed by atoms with Crippen LogP contribution in [-0.4, -0.2) is 31.4 Å². The minimum atomic E-state index is 1.17. The highest BCUT2D eigenvalue weighted by molar-refractivity contribution is 7.13. The molecule has 3 heteroatoms. The standard InChI is InChI=1S/C9H23N2P/c1-3-7-10-8-5-4-6-9-11(2)12/h10H,3-9,12H2,1-2H3. The summed E-state index contributed by atoms with van der Waals surface area (Å²) in [5.41, 5.74) is 0. The Morgan fingerprint density at radius 2 is 1.92 bits per heavy atom. The van der Waals surface area contributed by atoms with Crippen molar-refractivity contribution < 1.29 is 0 Å². The number of hydrogen-bond donors (Lipinski definition) is 1. The maximum Gasteiger partial charge on any atom is 0.00131 e. The molecule has 0 bridgehead atoms. The molecule has 0 heterocycles. The van der Waals surface area contributed by atoms with Crippen molar-refractivity contribution in [2.75, 3.05) is 26.7 Å². The van der Waals surface area contributed by atoms with Crippen molar-refractivity contribution in [2.45, 2.75) is 32.6 Å². The molecular formula is C9H23N2P. The van der Waals surface area contributed by atoms with Crippen LogP contribution in [0.2, 0.25) is 0 Å². The lowest BCUT2D eigenvalue weighted by atomic mass is 10.2. The summed E-state index contributed by atoms with van der Waals surface area (Å²) in [6.45, 7) is 5.76. The molecule has 1 atom stereocenters. The fraction of sp³-hybridized carbons (Fsp3) is 1.00. The summed E-state index contributed by atoms with van der Waals surface area (Å²) >= 11 is 0. The van der Waals surface area contributed by atoms with Crippen molar-refractivity contribution >= 4 is 9.39 Å². The first-order valence-electron chi connectivity index (χ1n) is 4.94. The fourth-order valence-corrected chi connectivity index (χ4v) is 1.27. The molecule has 74 valence electrons. The number of unbranched alkanes of at least 4 members (excludes halogenated alkanes) is 2. The van der Waals surface area contributed by atoms with E-state index in [9.17, 15) is 0 Å². The van der Waals surface area contributed by atoms with Crippen molar-refractivity contribution in [3.8, 4) is 0 Å². The van der Waals surface area contributed by atoms with E-state index >= 15 is 0 Å². The van der Waals surface area contributed by atoms with Gasteiger partial charge in [0.15, 0.2) is 0 Å². The summed E-state index contributed by atoms with van der Waals surface area (Å²) in [4.78, 5) is 0. The lowest BCUT2D eigenvalue weighted by Gasteiger charge is -2.08. The third-order valence-electron chi connectivity index (χ3n) is 1.79. The first kappa shape index (κ1) is 12.3. The van der Waals surface area contributed by atoms with E-state index in [1.807, 2.05) is 0 Å². The van der Waals surface area contributed by atoms with E-state index in [4.69, 9.17) is 0 Å². The van der Waals surface area contributed by atoms with Gasteiger partial charge in [0.1, 0.15) is 0 Å². The van der Waals surface area contributed by atoms with Gasteiger partial charge in [-0.15, -0.1) is 0 Å². The second-order valence-corrected chi connectivity index (χ2v) is 4.17. The number of rotatable bonds is 8. The van der Waals surface area contributed by atoms with E-state index in [1.165, 1.54) is 45.3 Å². The Kier molecular flexibility index (Phi) is 9.71. The molecule has 0 aliphatic heterocycles. The molecule has 1 N–H and O–H groups in total. The normalized spacial score (nSPS) is 11.0. The number of nitrogens with one attached hydrogen (secondary N) is 1. The second-order valence-electron chi connectivity index (χ2n) is 3.29. The Morgan fingerprint density at radius 1 is 1.17 bits per heavy atom. The van der Waals surface area contributed by atoms with Gasteiger partial charge in [0.25, 0.3) is 0 Å². The van der Waals surface area contributed by atoms with Gasteiger partial charge in [-0.3, -0.25) is 4.67 Å². The maximum absolute atomic E-state index is 3.40. The Labute approximate surface area is 79.4 Å². The lowest BCUT2D eigenvalue weighted by Crippen LogP contribution is -2.16. The SMILES string of the molecule is CCCNCCCCCN(C)P. The molecule has 0 radical (unpaired) electrons. The Bertz CT molecular complexity index is 86.6. The average Bonchev–Trinajstić information content (AvgIpc) is 2.02. The molecule has 0 aromatic heterocycles. The van der Waals surface area contributed by atoms with Gasteiger partial charge in [-0.05, 0) is 39.4 Å². The summed E-state index contributed by atoms with van der Waals surface area (Å²) in [5.74, 6) is 0. The maximum atomic E-state index is 3.40. The van der Waals surface area contributed by atoms with Crippen LogP contribution in [0.5, 0.6) is 0 Å². The molecule has 1 unspecified atom stereocenters. The highest BCUT2D eigenvalue weighted by Crippen LogP contribution is 1.99. The van der Waals surface area contributed by atoms with Crippen LogP contribution in [0.3, 0.4) is 0 Å². The van der Waals surface area contributed by atoms with Crippen LogP contribution in [0.25, 0.3) is 0 Å². The van der Waals surface area contributed by atoms with Gasteiger partial charge < -0.3 is 5.32 Å². The van der Waals surface area contributed by atoms with Crippen LogP contribution >= 0.6 is 9.39 Å². The molecule has 0 aromatic carbocycles. The summed E-state index contributed by atoms with van der Waals surface area (Å²) in [6, 6.07) is 0. The molecule has 2 nitrogen and oxygen atoms in total. The van der Waals surface area contributed by atoms with Gasteiger partial charge in [0.05, 0.1) is 0 Å². The molecule has 0 saturated carbocycles. The van der Waals surface area contributed by atoms with Crippen molar-refractivity contribution in [1.29, 1.82) is 0 Å². The molecular weight excluding hydrogens is 167 g/mol. The fourth-order valence-electron chi connectivity index (χ4n) is 1.09. The molecule has 12 heavy (non-hydrogen) atoms. The van der Waals surface area contributed by atoms with Crippen LogP contribution in [0.4, 0.5) is 0 Å². The van der Waals surface area contributed by atoms with Crippen LogP contribution in [-0.2, 0) is 0 Å². The van der Waals surface area contributed by atoms with Gasteiger partial charge in [-0.25, -0.2) is 0 Å². The smallest absolute Gasteiger partial charge is 0.00131 e. The minimum Gasteiger partial charge on any atom is -0.317 e. The number of hydrogen-bond acceptors (Lipinski definition) is 2. The minimum absolute atomic E-state index is 1.17. The first-order valence-corrected chi connectivity index (χ1v) is 5.45. The Hall–Kier alpha value is 0.350. The lowest BCUT2D eigenvalue weighted by molar-refractivity contribution is 0.508. The van der Waals surface area contributed by atoms with Crippen LogP contribution < -0.4 is 5.32 Å². The van der Waals surface area contributed by atoms with E-state index in [1.54, 1.807) is 0 Å². The van der Waals surface area contributed by atoms with Crippen molar-refractivity contribution in [1.82, 2.24) is 9.99 Å². The van der Waals surface area contributed by atoms with Crippen molar-refractivity contribution in [3.05, 3.63) is 0 Å². The Morgan fingerprint density at radius 3 is 2.50 bits per heavy atom. The predicted octanol–water partition coefficient (Wildman–Crippen LogP) is 1.88. The zero-order chi connectivity index (χ0) is 9.23. The zero-order valence-corrected chi connectivity index (χ0v) is 9.63. The zero-order valence-electron chi connectivity index (χ0n) is 8.47. The van der Waals surface area contributed by atoms with E-state index in [-0.39, 0.29) is 0 Å². The third-order valence-corrected chi connectivity index (χ3v) is 2.05. The number of nitrogens with zero attached hydrogens (tertiary/aromatic N) is 1. The van der Waals surface area contributed by atoms with Crippen molar-refractivity contribution in [2.24, 2.45) is 0 Å². The van der Waals surface area contributed by atoms with Gasteiger partial charge >= 0.3 is 0 Å². The molecule has 0 aliphatic carbocycles. The highest BCUT2D eigenvalue weighted by Gasteiger charge is 1.91. The molecule has 0 aromatic rings. The molecule has 0 fully saturated rings.